The molecule has 2 aliphatic rings. The van der Waals surface area contributed by atoms with Gasteiger partial charge in [-0.15, -0.1) is 0 Å². The highest BCUT2D eigenvalue weighted by Gasteiger charge is 2.46. The molecule has 132 valence electrons. The molecule has 1 aliphatic carbocycles. The molecule has 3 aromatic rings. The molecule has 26 heavy (non-hydrogen) atoms. The lowest BCUT2D eigenvalue weighted by molar-refractivity contribution is -0.0360. The highest BCUT2D eigenvalue weighted by Crippen LogP contribution is 2.48. The first-order valence-electron chi connectivity index (χ1n) is 9.04. The first kappa shape index (κ1) is 15.4. The Hall–Kier alpha value is -2.89. The van der Waals surface area contributed by atoms with Gasteiger partial charge in [0.2, 0.25) is 0 Å². The molecule has 1 aromatic carbocycles. The zero-order valence-electron chi connectivity index (χ0n) is 14.6. The summed E-state index contributed by atoms with van der Waals surface area (Å²) in [6.45, 7) is 1.84. The van der Waals surface area contributed by atoms with Crippen molar-refractivity contribution in [3.63, 3.8) is 0 Å². The second-order valence-corrected chi connectivity index (χ2v) is 7.25. The number of hydrogen-bond donors (Lipinski definition) is 1. The molecule has 1 N–H and O–H groups in total. The summed E-state index contributed by atoms with van der Waals surface area (Å²) in [6.07, 6.45) is 7.57. The Morgan fingerprint density at radius 2 is 2.15 bits per heavy atom. The number of rotatable bonds is 2. The van der Waals surface area contributed by atoms with E-state index in [0.717, 1.165) is 30.6 Å². The van der Waals surface area contributed by atoms with Crippen LogP contribution in [0.15, 0.2) is 42.7 Å². The lowest BCUT2D eigenvalue weighted by Gasteiger charge is -2.48. The third-order valence-corrected chi connectivity index (χ3v) is 5.56. The van der Waals surface area contributed by atoms with Crippen LogP contribution in [0.2, 0.25) is 0 Å². The van der Waals surface area contributed by atoms with Gasteiger partial charge in [-0.25, -0.2) is 9.50 Å². The molecule has 6 nitrogen and oxygen atoms in total. The summed E-state index contributed by atoms with van der Waals surface area (Å²) in [7, 11) is 0. The van der Waals surface area contributed by atoms with Crippen molar-refractivity contribution in [3.8, 4) is 5.75 Å². The SMILES string of the molecule is Cc1nn2cccnc2c1C(=O)N[C@H]1CC2(CCC2)Oc2ccccc21. The van der Waals surface area contributed by atoms with E-state index < -0.39 is 0 Å². The molecule has 1 saturated carbocycles. The number of amides is 1. The molecule has 0 saturated heterocycles. The quantitative estimate of drug-likeness (QED) is 0.772. The number of aromatic nitrogens is 3. The van der Waals surface area contributed by atoms with Gasteiger partial charge in [0.25, 0.3) is 5.91 Å². The fourth-order valence-electron chi connectivity index (χ4n) is 4.12. The fourth-order valence-corrected chi connectivity index (χ4v) is 4.12. The van der Waals surface area contributed by atoms with E-state index >= 15 is 0 Å². The van der Waals surface area contributed by atoms with Crippen LogP contribution in [0.5, 0.6) is 5.75 Å². The Morgan fingerprint density at radius 3 is 2.96 bits per heavy atom. The molecule has 5 rings (SSSR count). The molecule has 0 unspecified atom stereocenters. The fraction of sp³-hybridized carbons (Fsp3) is 0.350. The van der Waals surface area contributed by atoms with Crippen molar-refractivity contribution in [3.05, 3.63) is 59.5 Å². The third-order valence-electron chi connectivity index (χ3n) is 5.56. The molecule has 1 spiro atoms. The predicted molar refractivity (Wildman–Crippen MR) is 96.2 cm³/mol. The third kappa shape index (κ3) is 2.29. The van der Waals surface area contributed by atoms with E-state index in [9.17, 15) is 4.79 Å². The average molecular weight is 348 g/mol. The van der Waals surface area contributed by atoms with Gasteiger partial charge in [0, 0.05) is 24.4 Å². The van der Waals surface area contributed by atoms with Gasteiger partial charge >= 0.3 is 0 Å². The maximum absolute atomic E-state index is 13.1. The summed E-state index contributed by atoms with van der Waals surface area (Å²) in [5.74, 6) is 0.755. The van der Waals surface area contributed by atoms with Gasteiger partial charge < -0.3 is 10.1 Å². The maximum Gasteiger partial charge on any atom is 0.257 e. The number of benzene rings is 1. The van der Waals surface area contributed by atoms with Crippen LogP contribution >= 0.6 is 0 Å². The van der Waals surface area contributed by atoms with Crippen LogP contribution in [0.25, 0.3) is 5.65 Å². The Labute approximate surface area is 151 Å². The Morgan fingerprint density at radius 1 is 1.31 bits per heavy atom. The van der Waals surface area contributed by atoms with Crippen LogP contribution in [-0.2, 0) is 0 Å². The standard InChI is InChI=1S/C20H20N4O2/c1-13-17(18-21-10-5-11-24(18)23-13)19(25)22-15-12-20(8-4-9-20)26-16-7-3-2-6-14(15)16/h2-3,5-7,10-11,15H,4,8-9,12H2,1H3,(H,22,25)/t15-/m0/s1. The van der Waals surface area contributed by atoms with Gasteiger partial charge in [-0.2, -0.15) is 5.10 Å². The van der Waals surface area contributed by atoms with Crippen molar-refractivity contribution in [2.75, 3.05) is 0 Å². The zero-order valence-corrected chi connectivity index (χ0v) is 14.6. The molecule has 1 amide bonds. The van der Waals surface area contributed by atoms with Crippen LogP contribution in [0.1, 0.15) is 53.3 Å². The van der Waals surface area contributed by atoms with Crippen LogP contribution in [0.4, 0.5) is 0 Å². The van der Waals surface area contributed by atoms with Crippen LogP contribution < -0.4 is 10.1 Å². The van der Waals surface area contributed by atoms with Crippen molar-refractivity contribution < 1.29 is 9.53 Å². The van der Waals surface area contributed by atoms with Crippen molar-refractivity contribution in [2.45, 2.75) is 44.2 Å². The van der Waals surface area contributed by atoms with E-state index in [1.165, 1.54) is 6.42 Å². The summed E-state index contributed by atoms with van der Waals surface area (Å²) < 4.78 is 7.92. The second-order valence-electron chi connectivity index (χ2n) is 7.25. The number of carbonyl (C=O) groups excluding carboxylic acids is 1. The first-order valence-corrected chi connectivity index (χ1v) is 9.04. The minimum absolute atomic E-state index is 0.0641. The van der Waals surface area contributed by atoms with E-state index in [1.807, 2.05) is 31.2 Å². The number of nitrogens with zero attached hydrogens (tertiary/aromatic N) is 3. The van der Waals surface area contributed by atoms with Crippen LogP contribution in [0.3, 0.4) is 0 Å². The normalized spacial score (nSPS) is 20.3. The van der Waals surface area contributed by atoms with Gasteiger partial charge in [0.05, 0.1) is 11.7 Å². The number of nitrogens with one attached hydrogen (secondary N) is 1. The highest BCUT2D eigenvalue weighted by molar-refractivity contribution is 6.01. The average Bonchev–Trinajstić information content (AvgIpc) is 2.96. The van der Waals surface area contributed by atoms with E-state index in [4.69, 9.17) is 4.74 Å². The summed E-state index contributed by atoms with van der Waals surface area (Å²) in [5.41, 5.74) is 2.72. The van der Waals surface area contributed by atoms with Crippen LogP contribution in [0, 0.1) is 6.92 Å². The molecule has 0 radical (unpaired) electrons. The number of hydrogen-bond acceptors (Lipinski definition) is 4. The predicted octanol–water partition coefficient (Wildman–Crippen LogP) is 3.21. The topological polar surface area (TPSA) is 68.5 Å². The van der Waals surface area contributed by atoms with E-state index in [1.54, 1.807) is 23.0 Å². The number of fused-ring (bicyclic) bond motifs is 2. The lowest BCUT2D eigenvalue weighted by atomic mass is 9.73. The molecule has 3 heterocycles. The van der Waals surface area contributed by atoms with Crippen molar-refractivity contribution in [1.29, 1.82) is 0 Å². The second kappa shape index (κ2) is 5.56. The summed E-state index contributed by atoms with van der Waals surface area (Å²) in [4.78, 5) is 17.4. The molecule has 0 bridgehead atoms. The Balaban J connectivity index is 1.50. The van der Waals surface area contributed by atoms with Crippen molar-refractivity contribution >= 4 is 11.6 Å². The first-order chi connectivity index (χ1) is 12.7. The Kier molecular flexibility index (Phi) is 3.29. The lowest BCUT2D eigenvalue weighted by Crippen LogP contribution is -2.49. The summed E-state index contributed by atoms with van der Waals surface area (Å²) in [6, 6.07) is 9.74. The van der Waals surface area contributed by atoms with Gasteiger partial charge in [0.15, 0.2) is 5.65 Å². The Bertz CT molecular complexity index is 1010. The number of carbonyl (C=O) groups is 1. The van der Waals surface area contributed by atoms with Gasteiger partial charge in [-0.3, -0.25) is 4.79 Å². The van der Waals surface area contributed by atoms with Crippen LogP contribution in [-0.4, -0.2) is 26.1 Å². The van der Waals surface area contributed by atoms with E-state index in [-0.39, 0.29) is 17.6 Å². The largest absolute Gasteiger partial charge is 0.487 e. The number of para-hydroxylation sites is 1. The summed E-state index contributed by atoms with van der Waals surface area (Å²) >= 11 is 0. The summed E-state index contributed by atoms with van der Waals surface area (Å²) in [5, 5.41) is 7.62. The molecule has 1 aliphatic heterocycles. The van der Waals surface area contributed by atoms with Gasteiger partial charge in [0.1, 0.15) is 16.9 Å². The van der Waals surface area contributed by atoms with E-state index in [0.29, 0.717) is 16.9 Å². The molecular formula is C20H20N4O2. The van der Waals surface area contributed by atoms with Crippen molar-refractivity contribution in [1.82, 2.24) is 19.9 Å². The minimum Gasteiger partial charge on any atom is -0.487 e. The molecule has 6 heteroatoms. The molecule has 1 atom stereocenters. The van der Waals surface area contributed by atoms with Crippen molar-refractivity contribution in [2.24, 2.45) is 0 Å². The molecule has 2 aromatic heterocycles. The van der Waals surface area contributed by atoms with E-state index in [2.05, 4.69) is 15.4 Å². The highest BCUT2D eigenvalue weighted by atomic mass is 16.5. The monoisotopic (exact) mass is 348 g/mol. The maximum atomic E-state index is 13.1. The minimum atomic E-state index is -0.132. The molecule has 1 fully saturated rings. The number of ether oxygens (including phenoxy) is 1. The smallest absolute Gasteiger partial charge is 0.257 e. The number of aryl methyl sites for hydroxylation is 1. The van der Waals surface area contributed by atoms with Gasteiger partial charge in [-0.1, -0.05) is 18.2 Å². The molecular weight excluding hydrogens is 328 g/mol. The zero-order chi connectivity index (χ0) is 17.7. The van der Waals surface area contributed by atoms with Gasteiger partial charge in [-0.05, 0) is 38.3 Å².